The van der Waals surface area contributed by atoms with Crippen molar-refractivity contribution in [2.24, 2.45) is 5.10 Å². The average molecular weight is 497 g/mol. The zero-order valence-corrected chi connectivity index (χ0v) is 21.0. The Balaban J connectivity index is 1.48. The number of rotatable bonds is 9. The summed E-state index contributed by atoms with van der Waals surface area (Å²) in [6.07, 6.45) is 1.47. The number of esters is 1. The molecule has 37 heavy (non-hydrogen) atoms. The van der Waals surface area contributed by atoms with Gasteiger partial charge in [-0.3, -0.25) is 4.79 Å². The molecule has 4 aromatic rings. The van der Waals surface area contributed by atoms with Crippen LogP contribution >= 0.6 is 0 Å². The Morgan fingerprint density at radius 1 is 0.865 bits per heavy atom. The number of fused-ring (bicyclic) bond motifs is 1. The van der Waals surface area contributed by atoms with Gasteiger partial charge in [0, 0.05) is 5.56 Å². The van der Waals surface area contributed by atoms with E-state index < -0.39 is 11.9 Å². The fraction of sp³-hybridized carbons (Fsp3) is 0.167. The summed E-state index contributed by atoms with van der Waals surface area (Å²) in [7, 11) is 0. The molecule has 0 aliphatic carbocycles. The Morgan fingerprint density at radius 2 is 1.62 bits per heavy atom. The fourth-order valence-electron chi connectivity index (χ4n) is 3.66. The van der Waals surface area contributed by atoms with Crippen molar-refractivity contribution in [1.29, 1.82) is 0 Å². The predicted molar refractivity (Wildman–Crippen MR) is 144 cm³/mol. The molecule has 0 saturated carbocycles. The van der Waals surface area contributed by atoms with E-state index in [1.165, 1.54) is 6.21 Å². The van der Waals surface area contributed by atoms with Crippen LogP contribution in [0.3, 0.4) is 0 Å². The number of aryl methyl sites for hydroxylation is 2. The van der Waals surface area contributed by atoms with Gasteiger partial charge in [0.15, 0.2) is 6.61 Å². The second-order valence-electron chi connectivity index (χ2n) is 8.37. The molecule has 0 spiro atoms. The van der Waals surface area contributed by atoms with Crippen molar-refractivity contribution in [2.45, 2.75) is 20.8 Å². The number of hydrazone groups is 1. The minimum Gasteiger partial charge on any atom is -0.494 e. The molecule has 0 heterocycles. The molecule has 0 fully saturated rings. The van der Waals surface area contributed by atoms with E-state index in [4.69, 9.17) is 14.2 Å². The molecule has 0 aliphatic heterocycles. The molecule has 0 aliphatic rings. The molecule has 4 aromatic carbocycles. The Labute approximate surface area is 215 Å². The highest BCUT2D eigenvalue weighted by Crippen LogP contribution is 2.27. The Kier molecular flexibility index (Phi) is 8.15. The predicted octanol–water partition coefficient (Wildman–Crippen LogP) is 5.60. The number of nitrogens with zero attached hydrogens (tertiary/aromatic N) is 1. The van der Waals surface area contributed by atoms with Crippen LogP contribution in [0.2, 0.25) is 0 Å². The summed E-state index contributed by atoms with van der Waals surface area (Å²) in [5, 5.41) is 5.86. The normalized spacial score (nSPS) is 10.9. The minimum absolute atomic E-state index is 0.186. The van der Waals surface area contributed by atoms with E-state index in [9.17, 15) is 9.59 Å². The van der Waals surface area contributed by atoms with Crippen LogP contribution in [0.4, 0.5) is 0 Å². The second-order valence-corrected chi connectivity index (χ2v) is 8.37. The lowest BCUT2D eigenvalue weighted by Crippen LogP contribution is -2.24. The van der Waals surface area contributed by atoms with Gasteiger partial charge >= 0.3 is 5.97 Å². The van der Waals surface area contributed by atoms with Crippen LogP contribution in [0.25, 0.3) is 10.8 Å². The zero-order valence-electron chi connectivity index (χ0n) is 21.0. The van der Waals surface area contributed by atoms with E-state index >= 15 is 0 Å². The largest absolute Gasteiger partial charge is 0.494 e. The van der Waals surface area contributed by atoms with Gasteiger partial charge in [-0.25, -0.2) is 10.2 Å². The number of nitrogens with one attached hydrogen (secondary N) is 1. The molecule has 0 aromatic heterocycles. The standard InChI is InChI=1S/C30H28N2O5/c1-4-35-24-14-10-23(11-15-24)30(34)37-28-16-12-22-7-5-6-8-26(22)27(28)18-31-32-29(33)19-36-25-13-9-20(2)21(3)17-25/h5-18H,4,19H2,1-3H3,(H,32,33)/b31-18-. The maximum atomic E-state index is 12.8. The van der Waals surface area contributed by atoms with Gasteiger partial charge in [0.2, 0.25) is 0 Å². The average Bonchev–Trinajstić information content (AvgIpc) is 2.91. The first-order valence-electron chi connectivity index (χ1n) is 11.9. The molecule has 7 heteroatoms. The molecular weight excluding hydrogens is 468 g/mol. The van der Waals surface area contributed by atoms with Crippen molar-refractivity contribution in [1.82, 2.24) is 5.43 Å². The third kappa shape index (κ3) is 6.52. The highest BCUT2D eigenvalue weighted by Gasteiger charge is 2.14. The fourth-order valence-corrected chi connectivity index (χ4v) is 3.66. The van der Waals surface area contributed by atoms with Crippen LogP contribution in [-0.4, -0.2) is 31.3 Å². The molecule has 0 atom stereocenters. The van der Waals surface area contributed by atoms with Crippen molar-refractivity contribution in [3.63, 3.8) is 0 Å². The van der Waals surface area contributed by atoms with Gasteiger partial charge in [-0.1, -0.05) is 36.4 Å². The minimum atomic E-state index is -0.515. The first-order chi connectivity index (χ1) is 17.9. The molecule has 0 bridgehead atoms. The van der Waals surface area contributed by atoms with Crippen molar-refractivity contribution in [2.75, 3.05) is 13.2 Å². The van der Waals surface area contributed by atoms with Gasteiger partial charge in [-0.15, -0.1) is 0 Å². The van der Waals surface area contributed by atoms with Gasteiger partial charge in [-0.2, -0.15) is 5.10 Å². The monoisotopic (exact) mass is 496 g/mol. The molecule has 0 saturated heterocycles. The molecule has 7 nitrogen and oxygen atoms in total. The quantitative estimate of drug-likeness (QED) is 0.141. The van der Waals surface area contributed by atoms with Crippen LogP contribution < -0.4 is 19.6 Å². The molecular formula is C30H28N2O5. The summed E-state index contributed by atoms with van der Waals surface area (Å²) in [5.74, 6) is 0.679. The van der Waals surface area contributed by atoms with E-state index in [2.05, 4.69) is 10.5 Å². The van der Waals surface area contributed by atoms with Gasteiger partial charge in [0.1, 0.15) is 17.2 Å². The lowest BCUT2D eigenvalue weighted by molar-refractivity contribution is -0.123. The summed E-state index contributed by atoms with van der Waals surface area (Å²) in [6.45, 7) is 6.24. The van der Waals surface area contributed by atoms with E-state index in [0.717, 1.165) is 21.9 Å². The van der Waals surface area contributed by atoms with Crippen LogP contribution in [0, 0.1) is 13.8 Å². The number of hydrogen-bond donors (Lipinski definition) is 1. The molecule has 1 N–H and O–H groups in total. The molecule has 188 valence electrons. The summed E-state index contributed by atoms with van der Waals surface area (Å²) in [4.78, 5) is 25.1. The van der Waals surface area contributed by atoms with Crippen LogP contribution in [-0.2, 0) is 4.79 Å². The number of carbonyl (C=O) groups excluding carboxylic acids is 2. The Hall–Kier alpha value is -4.65. The van der Waals surface area contributed by atoms with E-state index in [0.29, 0.717) is 35.0 Å². The lowest BCUT2D eigenvalue weighted by Gasteiger charge is -2.11. The molecule has 0 radical (unpaired) electrons. The van der Waals surface area contributed by atoms with E-state index in [1.807, 2.05) is 69.3 Å². The Morgan fingerprint density at radius 3 is 2.38 bits per heavy atom. The second kappa shape index (κ2) is 11.9. The maximum Gasteiger partial charge on any atom is 0.343 e. The molecule has 1 amide bonds. The highest BCUT2D eigenvalue weighted by molar-refractivity contribution is 6.04. The maximum absolute atomic E-state index is 12.8. The Bertz CT molecular complexity index is 1440. The summed E-state index contributed by atoms with van der Waals surface area (Å²) in [5.41, 5.74) is 5.65. The van der Waals surface area contributed by atoms with Gasteiger partial charge in [0.05, 0.1) is 18.4 Å². The number of ether oxygens (including phenoxy) is 3. The van der Waals surface area contributed by atoms with Crippen molar-refractivity contribution < 1.29 is 23.8 Å². The smallest absolute Gasteiger partial charge is 0.343 e. The summed E-state index contributed by atoms with van der Waals surface area (Å²) in [6, 6.07) is 23.6. The lowest BCUT2D eigenvalue weighted by atomic mass is 10.0. The summed E-state index contributed by atoms with van der Waals surface area (Å²) < 4.78 is 16.7. The van der Waals surface area contributed by atoms with Crippen molar-refractivity contribution in [3.05, 3.63) is 101 Å². The number of benzene rings is 4. The number of carbonyl (C=O) groups is 2. The summed E-state index contributed by atoms with van der Waals surface area (Å²) >= 11 is 0. The van der Waals surface area contributed by atoms with Crippen LogP contribution in [0.1, 0.15) is 34.0 Å². The highest BCUT2D eigenvalue weighted by atomic mass is 16.5. The number of hydrogen-bond acceptors (Lipinski definition) is 6. The SMILES string of the molecule is CCOc1ccc(C(=O)Oc2ccc3ccccc3c2/C=N\NC(=O)COc2ccc(C)c(C)c2)cc1. The molecule has 4 rings (SSSR count). The van der Waals surface area contributed by atoms with Crippen molar-refractivity contribution in [3.8, 4) is 17.2 Å². The third-order valence-corrected chi connectivity index (χ3v) is 5.77. The van der Waals surface area contributed by atoms with Gasteiger partial charge in [0.25, 0.3) is 5.91 Å². The van der Waals surface area contributed by atoms with Crippen LogP contribution in [0.15, 0.2) is 84.0 Å². The van der Waals surface area contributed by atoms with Gasteiger partial charge < -0.3 is 14.2 Å². The first kappa shape index (κ1) is 25.4. The number of amides is 1. The molecule has 0 unspecified atom stereocenters. The third-order valence-electron chi connectivity index (χ3n) is 5.77. The topological polar surface area (TPSA) is 86.2 Å². The first-order valence-corrected chi connectivity index (χ1v) is 11.9. The van der Waals surface area contributed by atoms with E-state index in [-0.39, 0.29) is 6.61 Å². The zero-order chi connectivity index (χ0) is 26.2. The van der Waals surface area contributed by atoms with E-state index in [1.54, 1.807) is 30.3 Å². The van der Waals surface area contributed by atoms with Crippen LogP contribution in [0.5, 0.6) is 17.2 Å². The van der Waals surface area contributed by atoms with Gasteiger partial charge in [-0.05, 0) is 85.1 Å². The van der Waals surface area contributed by atoms with Crippen molar-refractivity contribution >= 4 is 28.9 Å².